The third-order valence-electron chi connectivity index (χ3n) is 6.55. The molecule has 0 spiro atoms. The number of nitro benzene ring substituents is 1. The molecule has 8 nitrogen and oxygen atoms in total. The molecular formula is C25H24ClN5O3S. The Morgan fingerprint density at radius 2 is 1.94 bits per heavy atom. The summed E-state index contributed by atoms with van der Waals surface area (Å²) >= 11 is 7.53. The van der Waals surface area contributed by atoms with Gasteiger partial charge in [0.25, 0.3) is 11.2 Å². The van der Waals surface area contributed by atoms with E-state index in [9.17, 15) is 14.9 Å². The number of para-hydroxylation sites is 1. The van der Waals surface area contributed by atoms with Crippen LogP contribution >= 0.6 is 22.9 Å². The number of nitrogens with one attached hydrogen (secondary N) is 1. The zero-order valence-electron chi connectivity index (χ0n) is 19.1. The highest BCUT2D eigenvalue weighted by Gasteiger charge is 2.25. The number of aromatic amines is 1. The third kappa shape index (κ3) is 4.80. The highest BCUT2D eigenvalue weighted by atomic mass is 35.5. The molecule has 35 heavy (non-hydrogen) atoms. The SMILES string of the molecule is Cc1c(CN2CCC(c3nc(-c4ccc(Cl)c([N+](=O)[O-])c4)cs3)CC2)c(=O)[nH]n1-c1ccccc1. The predicted molar refractivity (Wildman–Crippen MR) is 138 cm³/mol. The molecule has 0 amide bonds. The van der Waals surface area contributed by atoms with Gasteiger partial charge in [-0.25, -0.2) is 4.98 Å². The number of benzene rings is 2. The first-order valence-electron chi connectivity index (χ1n) is 11.4. The van der Waals surface area contributed by atoms with Crippen LogP contribution in [0.3, 0.4) is 0 Å². The topological polar surface area (TPSA) is 97.1 Å². The van der Waals surface area contributed by atoms with Gasteiger partial charge in [0.15, 0.2) is 0 Å². The van der Waals surface area contributed by atoms with Gasteiger partial charge >= 0.3 is 0 Å². The standard InChI is InChI=1S/C25H24ClN5O3S/c1-16-20(24(32)28-30(16)19-5-3-2-4-6-19)14-29-11-9-17(10-12-29)25-27-22(15-35-25)18-7-8-21(26)23(13-18)31(33)34/h2-8,13,15,17H,9-12,14H2,1H3,(H,28,32). The Labute approximate surface area is 210 Å². The molecule has 1 fully saturated rings. The molecule has 1 N–H and O–H groups in total. The van der Waals surface area contributed by atoms with Crippen LogP contribution in [0, 0.1) is 17.0 Å². The van der Waals surface area contributed by atoms with Crippen molar-refractivity contribution in [2.24, 2.45) is 0 Å². The molecule has 180 valence electrons. The Morgan fingerprint density at radius 1 is 1.20 bits per heavy atom. The second kappa shape index (κ2) is 9.77. The zero-order chi connectivity index (χ0) is 24.5. The molecular weight excluding hydrogens is 486 g/mol. The number of thiazole rings is 1. The molecule has 1 aliphatic heterocycles. The molecule has 0 unspecified atom stereocenters. The second-order valence-corrected chi connectivity index (χ2v) is 10.0. The molecule has 5 rings (SSSR count). The number of hydrogen-bond donors (Lipinski definition) is 1. The number of piperidine rings is 1. The maximum absolute atomic E-state index is 12.7. The van der Waals surface area contributed by atoms with Gasteiger partial charge in [-0.1, -0.05) is 35.9 Å². The molecule has 1 saturated heterocycles. The minimum atomic E-state index is -0.477. The highest BCUT2D eigenvalue weighted by Crippen LogP contribution is 2.35. The summed E-state index contributed by atoms with van der Waals surface area (Å²) in [4.78, 5) is 30.5. The lowest BCUT2D eigenvalue weighted by molar-refractivity contribution is -0.384. The first-order valence-corrected chi connectivity index (χ1v) is 12.6. The van der Waals surface area contributed by atoms with Gasteiger partial charge in [0, 0.05) is 35.2 Å². The van der Waals surface area contributed by atoms with E-state index in [0.29, 0.717) is 18.0 Å². The lowest BCUT2D eigenvalue weighted by Crippen LogP contribution is -2.33. The van der Waals surface area contributed by atoms with E-state index >= 15 is 0 Å². The van der Waals surface area contributed by atoms with Crippen LogP contribution in [0.5, 0.6) is 0 Å². The van der Waals surface area contributed by atoms with Crippen molar-refractivity contribution < 1.29 is 4.92 Å². The van der Waals surface area contributed by atoms with Crippen molar-refractivity contribution in [1.82, 2.24) is 19.7 Å². The number of halogens is 1. The van der Waals surface area contributed by atoms with Crippen LogP contribution in [0.15, 0.2) is 58.7 Å². The van der Waals surface area contributed by atoms with Crippen LogP contribution in [0.1, 0.15) is 35.0 Å². The van der Waals surface area contributed by atoms with Crippen molar-refractivity contribution in [2.75, 3.05) is 13.1 Å². The maximum Gasteiger partial charge on any atom is 0.288 e. The first kappa shape index (κ1) is 23.5. The number of aromatic nitrogens is 3. The van der Waals surface area contributed by atoms with Crippen molar-refractivity contribution in [3.8, 4) is 16.9 Å². The molecule has 0 radical (unpaired) electrons. The zero-order valence-corrected chi connectivity index (χ0v) is 20.7. The van der Waals surface area contributed by atoms with Gasteiger partial charge < -0.3 is 0 Å². The monoisotopic (exact) mass is 509 g/mol. The van der Waals surface area contributed by atoms with Crippen LogP contribution in [0.25, 0.3) is 16.9 Å². The summed E-state index contributed by atoms with van der Waals surface area (Å²) in [7, 11) is 0. The van der Waals surface area contributed by atoms with E-state index in [1.54, 1.807) is 23.5 Å². The average molecular weight is 510 g/mol. The van der Waals surface area contributed by atoms with Crippen LogP contribution < -0.4 is 5.56 Å². The summed E-state index contributed by atoms with van der Waals surface area (Å²) in [6, 6.07) is 14.6. The average Bonchev–Trinajstić information content (AvgIpc) is 3.46. The van der Waals surface area contributed by atoms with Crippen molar-refractivity contribution in [1.29, 1.82) is 0 Å². The smallest absolute Gasteiger partial charge is 0.288 e. The Morgan fingerprint density at radius 3 is 2.66 bits per heavy atom. The number of likely N-dealkylation sites (tertiary alicyclic amines) is 1. The van der Waals surface area contributed by atoms with Crippen LogP contribution in [0.2, 0.25) is 5.02 Å². The largest absolute Gasteiger partial charge is 0.299 e. The summed E-state index contributed by atoms with van der Waals surface area (Å²) in [5.41, 5.74) is 3.94. The number of H-pyrrole nitrogens is 1. The van der Waals surface area contributed by atoms with E-state index in [1.807, 2.05) is 47.3 Å². The molecule has 0 bridgehead atoms. The number of nitrogens with zero attached hydrogens (tertiary/aromatic N) is 4. The molecule has 4 aromatic rings. The van der Waals surface area contributed by atoms with Gasteiger partial charge in [-0.15, -0.1) is 11.3 Å². The summed E-state index contributed by atoms with van der Waals surface area (Å²) in [6.45, 7) is 4.35. The summed E-state index contributed by atoms with van der Waals surface area (Å²) in [6.07, 6.45) is 1.90. The number of hydrogen-bond acceptors (Lipinski definition) is 6. The molecule has 1 aliphatic rings. The van der Waals surface area contributed by atoms with E-state index in [2.05, 4.69) is 10.00 Å². The first-order chi connectivity index (χ1) is 16.9. The minimum absolute atomic E-state index is 0.0462. The fraction of sp³-hybridized carbons (Fsp3) is 0.280. The molecule has 10 heteroatoms. The van der Waals surface area contributed by atoms with E-state index in [-0.39, 0.29) is 16.3 Å². The highest BCUT2D eigenvalue weighted by molar-refractivity contribution is 7.10. The fourth-order valence-electron chi connectivity index (χ4n) is 4.55. The summed E-state index contributed by atoms with van der Waals surface area (Å²) < 4.78 is 1.85. The van der Waals surface area contributed by atoms with Crippen LogP contribution in [0.4, 0.5) is 5.69 Å². The van der Waals surface area contributed by atoms with E-state index in [4.69, 9.17) is 16.6 Å². The summed E-state index contributed by atoms with van der Waals surface area (Å²) in [5, 5.41) is 17.3. The summed E-state index contributed by atoms with van der Waals surface area (Å²) in [5.74, 6) is 0.334. The lowest BCUT2D eigenvalue weighted by Gasteiger charge is -2.30. The van der Waals surface area contributed by atoms with E-state index in [1.165, 1.54) is 6.07 Å². The molecule has 2 aromatic heterocycles. The maximum atomic E-state index is 12.7. The van der Waals surface area contributed by atoms with E-state index in [0.717, 1.165) is 53.6 Å². The quantitative estimate of drug-likeness (QED) is 0.272. The Hall–Kier alpha value is -3.27. The van der Waals surface area contributed by atoms with Gasteiger partial charge in [0.05, 0.1) is 26.9 Å². The van der Waals surface area contributed by atoms with Crippen LogP contribution in [-0.4, -0.2) is 37.7 Å². The van der Waals surface area contributed by atoms with Crippen molar-refractivity contribution in [2.45, 2.75) is 32.2 Å². The third-order valence-corrected chi connectivity index (χ3v) is 7.88. The molecule has 3 heterocycles. The lowest BCUT2D eigenvalue weighted by atomic mass is 9.97. The van der Waals surface area contributed by atoms with Gasteiger partial charge in [-0.3, -0.25) is 29.6 Å². The van der Waals surface area contributed by atoms with Gasteiger partial charge in [0.1, 0.15) is 5.02 Å². The predicted octanol–water partition coefficient (Wildman–Crippen LogP) is 5.54. The second-order valence-electron chi connectivity index (χ2n) is 8.72. The fourth-order valence-corrected chi connectivity index (χ4v) is 5.74. The van der Waals surface area contributed by atoms with E-state index < -0.39 is 4.92 Å². The molecule has 0 aliphatic carbocycles. The van der Waals surface area contributed by atoms with Gasteiger partial charge in [-0.05, 0) is 51.1 Å². The van der Waals surface area contributed by atoms with Crippen molar-refractivity contribution >= 4 is 28.6 Å². The van der Waals surface area contributed by atoms with Crippen molar-refractivity contribution in [3.63, 3.8) is 0 Å². The Bertz CT molecular complexity index is 1420. The molecule has 2 aromatic carbocycles. The van der Waals surface area contributed by atoms with Crippen molar-refractivity contribution in [3.05, 3.63) is 95.7 Å². The Kier molecular flexibility index (Phi) is 6.55. The number of rotatable bonds is 6. The number of nitro groups is 1. The molecule has 0 saturated carbocycles. The van der Waals surface area contributed by atoms with Gasteiger partial charge in [0.2, 0.25) is 0 Å². The van der Waals surface area contributed by atoms with Crippen LogP contribution in [-0.2, 0) is 6.54 Å². The Balaban J connectivity index is 1.25. The molecule has 0 atom stereocenters. The normalized spacial score (nSPS) is 14.9. The van der Waals surface area contributed by atoms with Gasteiger partial charge in [-0.2, -0.15) is 0 Å². The minimum Gasteiger partial charge on any atom is -0.299 e.